The lowest BCUT2D eigenvalue weighted by atomic mass is 10.0. The summed E-state index contributed by atoms with van der Waals surface area (Å²) in [7, 11) is 0. The van der Waals surface area contributed by atoms with Crippen molar-refractivity contribution in [2.75, 3.05) is 0 Å². The summed E-state index contributed by atoms with van der Waals surface area (Å²) < 4.78 is 5.73. The number of hydrogen-bond donors (Lipinski definition) is 0. The number of benzene rings is 1. The molecule has 0 fully saturated rings. The molecule has 14 heavy (non-hydrogen) atoms. The van der Waals surface area contributed by atoms with Gasteiger partial charge in [-0.1, -0.05) is 12.1 Å². The van der Waals surface area contributed by atoms with E-state index in [1.807, 2.05) is 18.2 Å². The molecule has 0 amide bonds. The second-order valence-electron chi connectivity index (χ2n) is 4.42. The Morgan fingerprint density at radius 2 is 2.14 bits per heavy atom. The van der Waals surface area contributed by atoms with Gasteiger partial charge in [-0.3, -0.25) is 4.79 Å². The number of ether oxygens (including phenoxy) is 1. The normalized spacial score (nSPS) is 17.4. The average molecular weight is 190 g/mol. The van der Waals surface area contributed by atoms with Crippen LogP contribution in [0.3, 0.4) is 0 Å². The molecular formula is C12H14O2. The van der Waals surface area contributed by atoms with E-state index in [1.165, 1.54) is 5.56 Å². The minimum atomic E-state index is -0.127. The quantitative estimate of drug-likeness (QED) is 0.636. The Hall–Kier alpha value is -1.31. The summed E-state index contributed by atoms with van der Waals surface area (Å²) in [6, 6.07) is 5.69. The number of carbonyl (C=O) groups is 1. The Morgan fingerprint density at radius 1 is 1.43 bits per heavy atom. The van der Waals surface area contributed by atoms with Gasteiger partial charge in [-0.05, 0) is 32.4 Å². The summed E-state index contributed by atoms with van der Waals surface area (Å²) in [5, 5.41) is 0. The van der Waals surface area contributed by atoms with Gasteiger partial charge in [0.05, 0.1) is 0 Å². The SMILES string of the molecule is CC(=O)c1ccc2c(c1)OC(C)(C)C2. The summed E-state index contributed by atoms with van der Waals surface area (Å²) in [5.74, 6) is 0.948. The summed E-state index contributed by atoms with van der Waals surface area (Å²) in [5.41, 5.74) is 1.79. The average Bonchev–Trinajstić information content (AvgIpc) is 2.36. The molecule has 0 bridgehead atoms. The largest absolute Gasteiger partial charge is 0.487 e. The molecule has 1 aliphatic heterocycles. The number of carbonyl (C=O) groups excluding carboxylic acids is 1. The lowest BCUT2D eigenvalue weighted by molar-refractivity contribution is 0.101. The molecule has 74 valence electrons. The molecule has 1 heterocycles. The molecule has 1 aromatic rings. The summed E-state index contributed by atoms with van der Waals surface area (Å²) in [6.07, 6.45) is 0.917. The van der Waals surface area contributed by atoms with Crippen molar-refractivity contribution in [1.29, 1.82) is 0 Å². The first-order valence-electron chi connectivity index (χ1n) is 4.81. The van der Waals surface area contributed by atoms with Crippen molar-refractivity contribution in [2.24, 2.45) is 0 Å². The zero-order chi connectivity index (χ0) is 10.3. The second-order valence-corrected chi connectivity index (χ2v) is 4.42. The van der Waals surface area contributed by atoms with Gasteiger partial charge in [-0.15, -0.1) is 0 Å². The first-order valence-corrected chi connectivity index (χ1v) is 4.81. The first-order chi connectivity index (χ1) is 6.48. The summed E-state index contributed by atoms with van der Waals surface area (Å²) >= 11 is 0. The fourth-order valence-corrected chi connectivity index (χ4v) is 1.81. The molecule has 0 radical (unpaired) electrons. The van der Waals surface area contributed by atoms with Gasteiger partial charge in [0, 0.05) is 12.0 Å². The molecule has 1 aliphatic rings. The van der Waals surface area contributed by atoms with Gasteiger partial charge in [0.15, 0.2) is 5.78 Å². The molecule has 0 atom stereocenters. The minimum Gasteiger partial charge on any atom is -0.487 e. The van der Waals surface area contributed by atoms with Crippen LogP contribution in [0.2, 0.25) is 0 Å². The Bertz CT molecular complexity index is 391. The van der Waals surface area contributed by atoms with Gasteiger partial charge >= 0.3 is 0 Å². The van der Waals surface area contributed by atoms with Crippen molar-refractivity contribution in [3.8, 4) is 5.75 Å². The number of hydrogen-bond acceptors (Lipinski definition) is 2. The molecule has 2 heteroatoms. The molecule has 0 aliphatic carbocycles. The van der Waals surface area contributed by atoms with Crippen LogP contribution in [-0.4, -0.2) is 11.4 Å². The molecule has 0 N–H and O–H groups in total. The van der Waals surface area contributed by atoms with Crippen molar-refractivity contribution < 1.29 is 9.53 Å². The maximum absolute atomic E-state index is 11.2. The van der Waals surface area contributed by atoms with Gasteiger partial charge < -0.3 is 4.74 Å². The monoisotopic (exact) mass is 190 g/mol. The lowest BCUT2D eigenvalue weighted by Gasteiger charge is -2.16. The van der Waals surface area contributed by atoms with Crippen LogP contribution in [0.15, 0.2) is 18.2 Å². The molecule has 0 spiro atoms. The molecule has 0 saturated heterocycles. The van der Waals surface area contributed by atoms with Crippen LogP contribution in [0.1, 0.15) is 36.7 Å². The van der Waals surface area contributed by atoms with E-state index in [9.17, 15) is 4.79 Å². The van der Waals surface area contributed by atoms with Crippen LogP contribution >= 0.6 is 0 Å². The highest BCUT2D eigenvalue weighted by Crippen LogP contribution is 2.35. The van der Waals surface area contributed by atoms with Gasteiger partial charge in [0.25, 0.3) is 0 Å². The maximum Gasteiger partial charge on any atom is 0.159 e. The summed E-state index contributed by atoms with van der Waals surface area (Å²) in [4.78, 5) is 11.2. The Kier molecular flexibility index (Phi) is 1.88. The van der Waals surface area contributed by atoms with Crippen molar-refractivity contribution >= 4 is 5.78 Å². The van der Waals surface area contributed by atoms with Gasteiger partial charge in [0.1, 0.15) is 11.4 Å². The van der Waals surface area contributed by atoms with Crippen molar-refractivity contribution in [1.82, 2.24) is 0 Å². The first kappa shape index (κ1) is 9.25. The van der Waals surface area contributed by atoms with Crippen molar-refractivity contribution in [3.63, 3.8) is 0 Å². The third-order valence-corrected chi connectivity index (χ3v) is 2.48. The molecule has 0 aromatic heterocycles. The van der Waals surface area contributed by atoms with Crippen LogP contribution in [0.4, 0.5) is 0 Å². The van der Waals surface area contributed by atoms with Crippen molar-refractivity contribution in [3.05, 3.63) is 29.3 Å². The zero-order valence-corrected chi connectivity index (χ0v) is 8.76. The van der Waals surface area contributed by atoms with Crippen LogP contribution in [0, 0.1) is 0 Å². The molecule has 2 rings (SSSR count). The van der Waals surface area contributed by atoms with Crippen LogP contribution < -0.4 is 4.74 Å². The van der Waals surface area contributed by atoms with E-state index in [2.05, 4.69) is 13.8 Å². The van der Waals surface area contributed by atoms with E-state index in [0.29, 0.717) is 0 Å². The predicted octanol–water partition coefficient (Wildman–Crippen LogP) is 2.60. The van der Waals surface area contributed by atoms with E-state index in [1.54, 1.807) is 6.92 Å². The molecule has 0 saturated carbocycles. The number of Topliss-reactive ketones (excluding diaryl/α,β-unsaturated/α-hetero) is 1. The van der Waals surface area contributed by atoms with E-state index in [-0.39, 0.29) is 11.4 Å². The van der Waals surface area contributed by atoms with E-state index < -0.39 is 0 Å². The number of rotatable bonds is 1. The highest BCUT2D eigenvalue weighted by Gasteiger charge is 2.29. The third-order valence-electron chi connectivity index (χ3n) is 2.48. The van der Waals surface area contributed by atoms with E-state index >= 15 is 0 Å². The number of ketones is 1. The smallest absolute Gasteiger partial charge is 0.159 e. The fraction of sp³-hybridized carbons (Fsp3) is 0.417. The van der Waals surface area contributed by atoms with Crippen LogP contribution in [0.25, 0.3) is 0 Å². The number of fused-ring (bicyclic) bond motifs is 1. The Morgan fingerprint density at radius 3 is 2.79 bits per heavy atom. The topological polar surface area (TPSA) is 26.3 Å². The highest BCUT2D eigenvalue weighted by molar-refractivity contribution is 5.94. The molecule has 0 unspecified atom stereocenters. The maximum atomic E-state index is 11.2. The standard InChI is InChI=1S/C12H14O2/c1-8(13)9-4-5-10-7-12(2,3)14-11(10)6-9/h4-6H,7H2,1-3H3. The fourth-order valence-electron chi connectivity index (χ4n) is 1.81. The van der Waals surface area contributed by atoms with E-state index in [4.69, 9.17) is 4.74 Å². The van der Waals surface area contributed by atoms with Gasteiger partial charge in [-0.25, -0.2) is 0 Å². The molecule has 1 aromatic carbocycles. The highest BCUT2D eigenvalue weighted by atomic mass is 16.5. The zero-order valence-electron chi connectivity index (χ0n) is 8.76. The van der Waals surface area contributed by atoms with Crippen molar-refractivity contribution in [2.45, 2.75) is 32.8 Å². The Balaban J connectivity index is 2.40. The molecular weight excluding hydrogens is 176 g/mol. The lowest BCUT2D eigenvalue weighted by Crippen LogP contribution is -2.24. The van der Waals surface area contributed by atoms with Crippen LogP contribution in [-0.2, 0) is 6.42 Å². The third kappa shape index (κ3) is 1.52. The van der Waals surface area contributed by atoms with Gasteiger partial charge in [0.2, 0.25) is 0 Å². The molecule has 2 nitrogen and oxygen atoms in total. The second kappa shape index (κ2) is 2.84. The summed E-state index contributed by atoms with van der Waals surface area (Å²) in [6.45, 7) is 5.68. The van der Waals surface area contributed by atoms with Crippen LogP contribution in [0.5, 0.6) is 5.75 Å². The predicted molar refractivity (Wildman–Crippen MR) is 54.9 cm³/mol. The van der Waals surface area contributed by atoms with Gasteiger partial charge in [-0.2, -0.15) is 0 Å². The Labute approximate surface area is 83.9 Å². The minimum absolute atomic E-state index is 0.0844. The van der Waals surface area contributed by atoms with E-state index in [0.717, 1.165) is 17.7 Å².